The summed E-state index contributed by atoms with van der Waals surface area (Å²) in [5.74, 6) is -0.671. The van der Waals surface area contributed by atoms with Crippen molar-refractivity contribution in [3.63, 3.8) is 0 Å². The largest absolute Gasteiger partial charge is 0.338 e. The summed E-state index contributed by atoms with van der Waals surface area (Å²) in [7, 11) is 0. The Morgan fingerprint density at radius 3 is 2.55 bits per heavy atom. The van der Waals surface area contributed by atoms with Crippen molar-refractivity contribution in [3.05, 3.63) is 84.2 Å². The lowest BCUT2D eigenvalue weighted by molar-refractivity contribution is -0.136. The summed E-state index contributed by atoms with van der Waals surface area (Å²) < 4.78 is 13.1. The monoisotopic (exact) mass is 394 g/mol. The molecule has 0 bridgehead atoms. The first-order valence-electron chi connectivity index (χ1n) is 10.1. The Labute approximate surface area is 171 Å². The van der Waals surface area contributed by atoms with Gasteiger partial charge >= 0.3 is 0 Å². The Balaban J connectivity index is 1.63. The first-order valence-corrected chi connectivity index (χ1v) is 10.1. The molecule has 5 heteroatoms. The zero-order chi connectivity index (χ0) is 20.6. The highest BCUT2D eigenvalue weighted by molar-refractivity contribution is 5.94. The van der Waals surface area contributed by atoms with E-state index in [1.165, 1.54) is 29.8 Å². The van der Waals surface area contributed by atoms with Crippen molar-refractivity contribution < 1.29 is 14.0 Å². The lowest BCUT2D eigenvalue weighted by atomic mass is 9.95. The van der Waals surface area contributed by atoms with Crippen LogP contribution in [0.1, 0.15) is 28.8 Å². The van der Waals surface area contributed by atoms with Gasteiger partial charge in [-0.1, -0.05) is 36.4 Å². The van der Waals surface area contributed by atoms with Crippen LogP contribution in [0.15, 0.2) is 67.3 Å². The minimum absolute atomic E-state index is 0.0671. The van der Waals surface area contributed by atoms with Crippen molar-refractivity contribution in [2.75, 3.05) is 26.2 Å². The number of likely N-dealkylation sites (tertiary alicyclic amines) is 1. The number of rotatable bonds is 7. The maximum absolute atomic E-state index is 13.1. The number of nitrogens with zero attached hydrogens (tertiary/aromatic N) is 2. The van der Waals surface area contributed by atoms with Crippen LogP contribution in [-0.2, 0) is 11.2 Å². The molecular formula is C24H27FN2O2. The smallest absolute Gasteiger partial charge is 0.253 e. The van der Waals surface area contributed by atoms with Gasteiger partial charge in [0.25, 0.3) is 5.91 Å². The highest BCUT2D eigenvalue weighted by Gasteiger charge is 2.31. The summed E-state index contributed by atoms with van der Waals surface area (Å²) in [5, 5.41) is 0. The van der Waals surface area contributed by atoms with Crippen molar-refractivity contribution in [2.24, 2.45) is 5.92 Å². The zero-order valence-electron chi connectivity index (χ0n) is 16.6. The van der Waals surface area contributed by atoms with Gasteiger partial charge in [0.15, 0.2) is 0 Å². The maximum atomic E-state index is 13.1. The van der Waals surface area contributed by atoms with Crippen molar-refractivity contribution in [2.45, 2.75) is 19.3 Å². The molecule has 29 heavy (non-hydrogen) atoms. The standard InChI is InChI=1S/C24H27FN2O2/c1-2-15-26(17-14-19-7-4-3-5-8-19)24(29)21-9-6-16-27(18-21)23(28)20-10-12-22(25)13-11-20/h2-5,7-8,10-13,21H,1,6,9,14-18H2. The van der Waals surface area contributed by atoms with Crippen LogP contribution >= 0.6 is 0 Å². The summed E-state index contributed by atoms with van der Waals surface area (Å²) in [6.45, 7) is 5.91. The average Bonchev–Trinajstić information content (AvgIpc) is 2.77. The number of halogens is 1. The Morgan fingerprint density at radius 1 is 1.14 bits per heavy atom. The van der Waals surface area contributed by atoms with E-state index in [0.29, 0.717) is 31.7 Å². The van der Waals surface area contributed by atoms with Crippen molar-refractivity contribution in [1.82, 2.24) is 9.80 Å². The molecule has 2 aromatic carbocycles. The molecule has 0 spiro atoms. The predicted molar refractivity (Wildman–Crippen MR) is 112 cm³/mol. The fraction of sp³-hybridized carbons (Fsp3) is 0.333. The topological polar surface area (TPSA) is 40.6 Å². The third-order valence-electron chi connectivity index (χ3n) is 5.32. The average molecular weight is 394 g/mol. The van der Waals surface area contributed by atoms with E-state index >= 15 is 0 Å². The fourth-order valence-electron chi connectivity index (χ4n) is 3.75. The van der Waals surface area contributed by atoms with Crippen LogP contribution in [-0.4, -0.2) is 47.8 Å². The molecule has 1 heterocycles. The Bertz CT molecular complexity index is 836. The van der Waals surface area contributed by atoms with Gasteiger partial charge in [0.05, 0.1) is 5.92 Å². The van der Waals surface area contributed by atoms with Crippen molar-refractivity contribution >= 4 is 11.8 Å². The number of piperidine rings is 1. The number of amides is 2. The molecule has 2 aromatic rings. The van der Waals surface area contributed by atoms with Crippen molar-refractivity contribution in [3.8, 4) is 0 Å². The number of benzene rings is 2. The minimum Gasteiger partial charge on any atom is -0.338 e. The lowest BCUT2D eigenvalue weighted by Crippen LogP contribution is -2.47. The van der Waals surface area contributed by atoms with E-state index in [-0.39, 0.29) is 23.5 Å². The molecule has 2 amide bonds. The molecule has 4 nitrogen and oxygen atoms in total. The molecule has 152 valence electrons. The summed E-state index contributed by atoms with van der Waals surface area (Å²) in [6.07, 6.45) is 4.08. The summed E-state index contributed by atoms with van der Waals surface area (Å²) in [4.78, 5) is 29.4. The predicted octanol–water partition coefficient (Wildman–Crippen LogP) is 3.94. The molecule has 0 aliphatic carbocycles. The van der Waals surface area contributed by atoms with Crippen LogP contribution in [0.5, 0.6) is 0 Å². The number of carbonyl (C=O) groups is 2. The normalized spacial score (nSPS) is 16.3. The summed E-state index contributed by atoms with van der Waals surface area (Å²) in [6, 6.07) is 15.6. The van der Waals surface area contributed by atoms with E-state index in [1.807, 2.05) is 23.1 Å². The van der Waals surface area contributed by atoms with Crippen LogP contribution in [0.25, 0.3) is 0 Å². The molecule has 0 radical (unpaired) electrons. The van der Waals surface area contributed by atoms with Gasteiger partial charge in [-0.2, -0.15) is 0 Å². The Hall–Kier alpha value is -2.95. The van der Waals surface area contributed by atoms with Crippen LogP contribution in [0.2, 0.25) is 0 Å². The molecule has 0 aromatic heterocycles. The molecule has 0 N–H and O–H groups in total. The fourth-order valence-corrected chi connectivity index (χ4v) is 3.75. The van der Waals surface area contributed by atoms with Gasteiger partial charge in [0, 0.05) is 31.7 Å². The van der Waals surface area contributed by atoms with Crippen molar-refractivity contribution in [1.29, 1.82) is 0 Å². The Morgan fingerprint density at radius 2 is 1.86 bits per heavy atom. The first-order chi connectivity index (χ1) is 14.1. The Kier molecular flexibility index (Phi) is 7.17. The number of hydrogen-bond acceptors (Lipinski definition) is 2. The van der Waals surface area contributed by atoms with Crippen LogP contribution < -0.4 is 0 Å². The van der Waals surface area contributed by atoms with Crippen LogP contribution in [0.4, 0.5) is 4.39 Å². The van der Waals surface area contributed by atoms with Gasteiger partial charge in [0.2, 0.25) is 5.91 Å². The van der Waals surface area contributed by atoms with E-state index in [9.17, 15) is 14.0 Å². The highest BCUT2D eigenvalue weighted by atomic mass is 19.1. The van der Waals surface area contributed by atoms with E-state index in [2.05, 4.69) is 18.7 Å². The quantitative estimate of drug-likeness (QED) is 0.668. The first kappa shape index (κ1) is 20.8. The van der Waals surface area contributed by atoms with Gasteiger partial charge in [-0.15, -0.1) is 6.58 Å². The van der Waals surface area contributed by atoms with E-state index in [0.717, 1.165) is 19.3 Å². The lowest BCUT2D eigenvalue weighted by Gasteiger charge is -2.35. The molecule has 3 rings (SSSR count). The maximum Gasteiger partial charge on any atom is 0.253 e. The van der Waals surface area contributed by atoms with E-state index in [1.54, 1.807) is 11.0 Å². The summed E-state index contributed by atoms with van der Waals surface area (Å²) >= 11 is 0. The molecule has 1 fully saturated rings. The molecule has 1 atom stereocenters. The molecule has 1 saturated heterocycles. The molecule has 0 saturated carbocycles. The second kappa shape index (κ2) is 10.0. The van der Waals surface area contributed by atoms with Gasteiger partial charge in [0.1, 0.15) is 5.82 Å². The van der Waals surface area contributed by atoms with E-state index in [4.69, 9.17) is 0 Å². The molecule has 1 aliphatic rings. The third kappa shape index (κ3) is 5.53. The summed E-state index contributed by atoms with van der Waals surface area (Å²) in [5.41, 5.74) is 1.64. The van der Waals surface area contributed by atoms with Gasteiger partial charge in [-0.3, -0.25) is 9.59 Å². The third-order valence-corrected chi connectivity index (χ3v) is 5.32. The van der Waals surface area contributed by atoms with Crippen LogP contribution in [0.3, 0.4) is 0 Å². The van der Waals surface area contributed by atoms with Crippen LogP contribution in [0, 0.1) is 11.7 Å². The second-order valence-corrected chi connectivity index (χ2v) is 7.41. The molecule has 1 unspecified atom stereocenters. The SMILES string of the molecule is C=CCN(CCc1ccccc1)C(=O)C1CCCN(C(=O)c2ccc(F)cc2)C1. The number of hydrogen-bond donors (Lipinski definition) is 0. The molecule has 1 aliphatic heterocycles. The highest BCUT2D eigenvalue weighted by Crippen LogP contribution is 2.21. The van der Waals surface area contributed by atoms with E-state index < -0.39 is 0 Å². The van der Waals surface area contributed by atoms with Gasteiger partial charge < -0.3 is 9.80 Å². The zero-order valence-corrected chi connectivity index (χ0v) is 16.6. The minimum atomic E-state index is -0.369. The molecular weight excluding hydrogens is 367 g/mol. The van der Waals surface area contributed by atoms with Gasteiger partial charge in [-0.05, 0) is 49.1 Å². The van der Waals surface area contributed by atoms with Gasteiger partial charge in [-0.25, -0.2) is 4.39 Å². The second-order valence-electron chi connectivity index (χ2n) is 7.41. The number of carbonyl (C=O) groups excluding carboxylic acids is 2.